The lowest BCUT2D eigenvalue weighted by molar-refractivity contribution is -0.0600. The van der Waals surface area contributed by atoms with Crippen molar-refractivity contribution in [2.45, 2.75) is 51.5 Å². The highest BCUT2D eigenvalue weighted by molar-refractivity contribution is 6.31. The summed E-state index contributed by atoms with van der Waals surface area (Å²) in [4.78, 5) is 7.75. The summed E-state index contributed by atoms with van der Waals surface area (Å²) in [6.45, 7) is 7.66. The molecule has 2 aromatic carbocycles. The maximum atomic E-state index is 13.2. The van der Waals surface area contributed by atoms with Gasteiger partial charge in [0.25, 0.3) is 0 Å². The van der Waals surface area contributed by atoms with Gasteiger partial charge in [0, 0.05) is 31.1 Å². The number of aliphatic hydroxyl groups excluding tert-OH is 1. The quantitative estimate of drug-likeness (QED) is 0.606. The van der Waals surface area contributed by atoms with Gasteiger partial charge in [-0.3, -0.25) is 4.90 Å². The molecule has 0 amide bonds. The standard InChI is InChI=1S/C24H30ClFN2O3/c1-24(2,3)30-16-20(29)14-28(13-18-6-4-5-7-22(18)25)15-21-12-23(27-31-21)17-8-10-19(26)11-9-17/h4-11,20-21,29H,12-16H2,1-3H3/t20-,21-/m1/s1. The van der Waals surface area contributed by atoms with Gasteiger partial charge in [0.1, 0.15) is 11.9 Å². The van der Waals surface area contributed by atoms with E-state index in [1.807, 2.05) is 45.0 Å². The lowest BCUT2D eigenvalue weighted by Crippen LogP contribution is -2.40. The molecule has 2 aromatic rings. The Balaban J connectivity index is 1.63. The van der Waals surface area contributed by atoms with Crippen LogP contribution in [0.3, 0.4) is 0 Å². The Morgan fingerprint density at radius 1 is 1.23 bits per heavy atom. The molecule has 1 aliphatic rings. The zero-order valence-corrected chi connectivity index (χ0v) is 19.0. The summed E-state index contributed by atoms with van der Waals surface area (Å²) in [5, 5.41) is 15.4. The van der Waals surface area contributed by atoms with Crippen LogP contribution in [-0.2, 0) is 16.1 Å². The van der Waals surface area contributed by atoms with Crippen LogP contribution in [0.4, 0.5) is 4.39 Å². The average Bonchev–Trinajstić information content (AvgIpc) is 3.16. The number of hydrogen-bond donors (Lipinski definition) is 1. The summed E-state index contributed by atoms with van der Waals surface area (Å²) < 4.78 is 18.9. The Bertz CT molecular complexity index is 883. The van der Waals surface area contributed by atoms with Gasteiger partial charge >= 0.3 is 0 Å². The molecule has 0 bridgehead atoms. The van der Waals surface area contributed by atoms with Gasteiger partial charge in [0.2, 0.25) is 0 Å². The van der Waals surface area contributed by atoms with E-state index in [0.29, 0.717) is 31.1 Å². The summed E-state index contributed by atoms with van der Waals surface area (Å²) in [6, 6.07) is 13.9. The summed E-state index contributed by atoms with van der Waals surface area (Å²) in [7, 11) is 0. The Morgan fingerprint density at radius 2 is 1.94 bits per heavy atom. The van der Waals surface area contributed by atoms with E-state index in [9.17, 15) is 9.50 Å². The van der Waals surface area contributed by atoms with E-state index in [4.69, 9.17) is 21.2 Å². The van der Waals surface area contributed by atoms with Crippen molar-refractivity contribution in [2.75, 3.05) is 19.7 Å². The molecule has 168 valence electrons. The molecule has 0 spiro atoms. The number of ether oxygens (including phenoxy) is 1. The van der Waals surface area contributed by atoms with Crippen LogP contribution in [0.25, 0.3) is 0 Å². The largest absolute Gasteiger partial charge is 0.390 e. The molecule has 5 nitrogen and oxygen atoms in total. The third-order valence-corrected chi connectivity index (χ3v) is 5.27. The Hall–Kier alpha value is -1.99. The van der Waals surface area contributed by atoms with Crippen LogP contribution in [-0.4, -0.2) is 53.2 Å². The molecule has 1 aliphatic heterocycles. The number of aliphatic hydroxyl groups is 1. The van der Waals surface area contributed by atoms with Crippen LogP contribution in [0.5, 0.6) is 0 Å². The highest BCUT2D eigenvalue weighted by atomic mass is 35.5. The maximum absolute atomic E-state index is 13.2. The van der Waals surface area contributed by atoms with Gasteiger partial charge in [-0.05, 0) is 50.1 Å². The monoisotopic (exact) mass is 448 g/mol. The molecule has 0 fully saturated rings. The number of rotatable bonds is 9. The number of benzene rings is 2. The van der Waals surface area contributed by atoms with Crippen LogP contribution in [0.15, 0.2) is 53.7 Å². The summed E-state index contributed by atoms with van der Waals surface area (Å²) in [5.74, 6) is -0.280. The summed E-state index contributed by atoms with van der Waals surface area (Å²) >= 11 is 6.36. The van der Waals surface area contributed by atoms with Gasteiger partial charge in [-0.2, -0.15) is 0 Å². The number of nitrogens with zero attached hydrogens (tertiary/aromatic N) is 2. The second-order valence-corrected chi connectivity index (χ2v) is 9.25. The van der Waals surface area contributed by atoms with Crippen molar-refractivity contribution in [3.63, 3.8) is 0 Å². The molecule has 0 aromatic heterocycles. The first-order valence-corrected chi connectivity index (χ1v) is 10.8. The maximum Gasteiger partial charge on any atom is 0.145 e. The number of oxime groups is 1. The first kappa shape index (κ1) is 23.7. The Morgan fingerprint density at radius 3 is 2.61 bits per heavy atom. The molecule has 31 heavy (non-hydrogen) atoms. The van der Waals surface area contributed by atoms with Crippen LogP contribution >= 0.6 is 11.6 Å². The van der Waals surface area contributed by atoms with Crippen molar-refractivity contribution < 1.29 is 19.1 Å². The van der Waals surface area contributed by atoms with Crippen molar-refractivity contribution in [3.8, 4) is 0 Å². The Labute approximate surface area is 188 Å². The minimum Gasteiger partial charge on any atom is -0.390 e. The SMILES string of the molecule is CC(C)(C)OC[C@H](O)CN(Cc1ccccc1Cl)C[C@H]1CC(c2ccc(F)cc2)=NO1. The summed E-state index contributed by atoms with van der Waals surface area (Å²) in [6.07, 6.45) is -0.210. The third kappa shape index (κ3) is 7.58. The third-order valence-electron chi connectivity index (χ3n) is 4.90. The minimum atomic E-state index is -0.652. The zero-order chi connectivity index (χ0) is 22.4. The lowest BCUT2D eigenvalue weighted by Gasteiger charge is -2.29. The van der Waals surface area contributed by atoms with E-state index >= 15 is 0 Å². The molecule has 0 aliphatic carbocycles. The predicted molar refractivity (Wildman–Crippen MR) is 121 cm³/mol. The highest BCUT2D eigenvalue weighted by Gasteiger charge is 2.26. The lowest BCUT2D eigenvalue weighted by atomic mass is 10.0. The van der Waals surface area contributed by atoms with Crippen molar-refractivity contribution >= 4 is 17.3 Å². The number of hydrogen-bond acceptors (Lipinski definition) is 5. The molecule has 7 heteroatoms. The van der Waals surface area contributed by atoms with Crippen LogP contribution in [0.2, 0.25) is 5.02 Å². The van der Waals surface area contributed by atoms with Gasteiger partial charge < -0.3 is 14.7 Å². The van der Waals surface area contributed by atoms with E-state index in [1.165, 1.54) is 12.1 Å². The fraction of sp³-hybridized carbons (Fsp3) is 0.458. The summed E-state index contributed by atoms with van der Waals surface area (Å²) in [5.41, 5.74) is 2.30. The van der Waals surface area contributed by atoms with Gasteiger partial charge in [-0.15, -0.1) is 0 Å². The van der Waals surface area contributed by atoms with E-state index in [-0.39, 0.29) is 24.1 Å². The first-order valence-electron chi connectivity index (χ1n) is 10.5. The van der Waals surface area contributed by atoms with Gasteiger partial charge in [-0.1, -0.05) is 47.1 Å². The molecule has 0 saturated heterocycles. The molecule has 3 rings (SSSR count). The van der Waals surface area contributed by atoms with E-state index in [1.54, 1.807) is 12.1 Å². The zero-order valence-electron chi connectivity index (χ0n) is 18.2. The normalized spacial score (nSPS) is 17.5. The van der Waals surface area contributed by atoms with E-state index < -0.39 is 6.10 Å². The molecule has 0 radical (unpaired) electrons. The molecular weight excluding hydrogens is 419 g/mol. The van der Waals surface area contributed by atoms with Crippen LogP contribution in [0, 0.1) is 5.82 Å². The van der Waals surface area contributed by atoms with Gasteiger partial charge in [0.05, 0.1) is 24.0 Å². The fourth-order valence-electron chi connectivity index (χ4n) is 3.40. The van der Waals surface area contributed by atoms with E-state index in [2.05, 4.69) is 10.1 Å². The highest BCUT2D eigenvalue weighted by Crippen LogP contribution is 2.21. The molecular formula is C24H30ClFN2O3. The molecule has 1 heterocycles. The topological polar surface area (TPSA) is 54.3 Å². The van der Waals surface area contributed by atoms with Crippen molar-refractivity contribution in [1.82, 2.24) is 4.90 Å². The predicted octanol–water partition coefficient (Wildman–Crippen LogP) is 4.65. The first-order chi connectivity index (χ1) is 14.7. The van der Waals surface area contributed by atoms with Crippen LogP contribution < -0.4 is 0 Å². The van der Waals surface area contributed by atoms with Crippen molar-refractivity contribution in [1.29, 1.82) is 0 Å². The minimum absolute atomic E-state index is 0.168. The smallest absolute Gasteiger partial charge is 0.145 e. The average molecular weight is 449 g/mol. The second-order valence-electron chi connectivity index (χ2n) is 8.84. The molecule has 1 N–H and O–H groups in total. The fourth-order valence-corrected chi connectivity index (χ4v) is 3.59. The van der Waals surface area contributed by atoms with Gasteiger partial charge in [0.15, 0.2) is 0 Å². The second kappa shape index (κ2) is 10.6. The molecule has 2 atom stereocenters. The molecule has 0 unspecified atom stereocenters. The van der Waals surface area contributed by atoms with Crippen LogP contribution in [0.1, 0.15) is 38.3 Å². The van der Waals surface area contributed by atoms with Crippen molar-refractivity contribution in [2.24, 2.45) is 5.16 Å². The number of halogens is 2. The molecule has 0 saturated carbocycles. The van der Waals surface area contributed by atoms with Gasteiger partial charge in [-0.25, -0.2) is 4.39 Å². The van der Waals surface area contributed by atoms with Crippen molar-refractivity contribution in [3.05, 3.63) is 70.5 Å². The Kier molecular flexibility index (Phi) is 8.06. The van der Waals surface area contributed by atoms with E-state index in [0.717, 1.165) is 16.8 Å².